The Kier molecular flexibility index (Phi) is 3.30. The number of H-pyrrole nitrogens is 1. The van der Waals surface area contributed by atoms with Crippen LogP contribution in [0.15, 0.2) is 18.5 Å². The molecule has 20 heavy (non-hydrogen) atoms. The lowest BCUT2D eigenvalue weighted by molar-refractivity contribution is 0.0693. The molecule has 0 spiro atoms. The summed E-state index contributed by atoms with van der Waals surface area (Å²) in [5, 5.41) is 4.06. The molecule has 1 amide bonds. The predicted octanol–water partition coefficient (Wildman–Crippen LogP) is 1.47. The highest BCUT2D eigenvalue weighted by molar-refractivity contribution is 5.92. The van der Waals surface area contributed by atoms with Crippen molar-refractivity contribution in [3.63, 3.8) is 0 Å². The van der Waals surface area contributed by atoms with Gasteiger partial charge in [0.05, 0.1) is 0 Å². The Morgan fingerprint density at radius 2 is 2.35 bits per heavy atom. The number of likely N-dealkylation sites (tertiary alicyclic amines) is 1. The third-order valence-corrected chi connectivity index (χ3v) is 3.86. The maximum Gasteiger partial charge on any atom is 0.272 e. The molecule has 106 valence electrons. The number of aromatic nitrogens is 4. The third kappa shape index (κ3) is 2.33. The number of aryl methyl sites for hydroxylation is 2. The first-order chi connectivity index (χ1) is 9.65. The highest BCUT2D eigenvalue weighted by atomic mass is 16.2. The van der Waals surface area contributed by atoms with E-state index in [1.807, 2.05) is 18.0 Å². The van der Waals surface area contributed by atoms with Crippen LogP contribution in [0.4, 0.5) is 0 Å². The van der Waals surface area contributed by atoms with E-state index >= 15 is 0 Å². The zero-order valence-corrected chi connectivity index (χ0v) is 11.8. The molecule has 3 rings (SSSR count). The topological polar surface area (TPSA) is 66.8 Å². The molecule has 1 N–H and O–H groups in total. The van der Waals surface area contributed by atoms with Crippen LogP contribution in [-0.2, 0) is 7.05 Å². The average Bonchev–Trinajstić information content (AvgIpc) is 3.07. The van der Waals surface area contributed by atoms with E-state index in [1.165, 1.54) is 0 Å². The molecule has 6 nitrogen and oxygen atoms in total. The van der Waals surface area contributed by atoms with Gasteiger partial charge in [0.15, 0.2) is 0 Å². The lowest BCUT2D eigenvalue weighted by atomic mass is 9.97. The molecule has 0 radical (unpaired) electrons. The van der Waals surface area contributed by atoms with Crippen molar-refractivity contribution in [1.82, 2.24) is 24.6 Å². The molecule has 1 saturated heterocycles. The highest BCUT2D eigenvalue weighted by Crippen LogP contribution is 2.25. The van der Waals surface area contributed by atoms with Crippen molar-refractivity contribution in [2.24, 2.45) is 7.05 Å². The Balaban J connectivity index is 1.75. The first kappa shape index (κ1) is 12.9. The van der Waals surface area contributed by atoms with Gasteiger partial charge in [0.25, 0.3) is 5.91 Å². The Bertz CT molecular complexity index is 615. The van der Waals surface area contributed by atoms with Crippen molar-refractivity contribution in [2.45, 2.75) is 25.7 Å². The highest BCUT2D eigenvalue weighted by Gasteiger charge is 2.28. The summed E-state index contributed by atoms with van der Waals surface area (Å²) in [5.74, 6) is 1.35. The van der Waals surface area contributed by atoms with Crippen LogP contribution in [0.2, 0.25) is 0 Å². The van der Waals surface area contributed by atoms with Gasteiger partial charge in [0.2, 0.25) is 0 Å². The number of hydrogen-bond acceptors (Lipinski definition) is 3. The monoisotopic (exact) mass is 273 g/mol. The summed E-state index contributed by atoms with van der Waals surface area (Å²) in [6.07, 6.45) is 5.58. The van der Waals surface area contributed by atoms with Crippen molar-refractivity contribution >= 4 is 5.91 Å². The molecule has 2 aromatic heterocycles. The van der Waals surface area contributed by atoms with Crippen LogP contribution in [0.25, 0.3) is 0 Å². The second kappa shape index (κ2) is 5.11. The summed E-state index contributed by atoms with van der Waals surface area (Å²) >= 11 is 0. The molecule has 1 aliphatic rings. The number of imidazole rings is 1. The van der Waals surface area contributed by atoms with Crippen LogP contribution in [0, 0.1) is 6.92 Å². The van der Waals surface area contributed by atoms with E-state index in [0.29, 0.717) is 11.6 Å². The van der Waals surface area contributed by atoms with Gasteiger partial charge in [0.1, 0.15) is 11.5 Å². The van der Waals surface area contributed by atoms with E-state index in [1.54, 1.807) is 24.0 Å². The standard InChI is InChI=1S/C14H19N5O/c1-10-8-15-13(17-10)11-4-3-7-19(9-11)14(20)12-5-6-16-18(12)2/h5-6,8,11H,3-4,7,9H2,1-2H3,(H,15,17)/t11-/m0/s1. The zero-order chi connectivity index (χ0) is 14.1. The van der Waals surface area contributed by atoms with Crippen molar-refractivity contribution in [3.05, 3.63) is 35.7 Å². The van der Waals surface area contributed by atoms with Crippen LogP contribution < -0.4 is 0 Å². The Labute approximate surface area is 117 Å². The molecule has 6 heteroatoms. The smallest absolute Gasteiger partial charge is 0.272 e. The fraction of sp³-hybridized carbons (Fsp3) is 0.500. The van der Waals surface area contributed by atoms with E-state index in [4.69, 9.17) is 0 Å². The average molecular weight is 273 g/mol. The van der Waals surface area contributed by atoms with Gasteiger partial charge in [-0.2, -0.15) is 5.10 Å². The number of aromatic amines is 1. The number of nitrogens with one attached hydrogen (secondary N) is 1. The van der Waals surface area contributed by atoms with E-state index in [9.17, 15) is 4.79 Å². The van der Waals surface area contributed by atoms with Gasteiger partial charge in [-0.1, -0.05) is 0 Å². The van der Waals surface area contributed by atoms with E-state index < -0.39 is 0 Å². The summed E-state index contributed by atoms with van der Waals surface area (Å²) in [6, 6.07) is 1.77. The molecular weight excluding hydrogens is 254 g/mol. The Hall–Kier alpha value is -2.11. The first-order valence-corrected chi connectivity index (χ1v) is 6.94. The number of rotatable bonds is 2. The minimum Gasteiger partial charge on any atom is -0.346 e. The molecule has 1 aliphatic heterocycles. The third-order valence-electron chi connectivity index (χ3n) is 3.86. The van der Waals surface area contributed by atoms with Gasteiger partial charge in [-0.3, -0.25) is 9.48 Å². The molecule has 0 bridgehead atoms. The van der Waals surface area contributed by atoms with Crippen molar-refractivity contribution in [1.29, 1.82) is 0 Å². The number of piperidine rings is 1. The maximum absolute atomic E-state index is 12.5. The van der Waals surface area contributed by atoms with Gasteiger partial charge in [-0.25, -0.2) is 4.98 Å². The lowest BCUT2D eigenvalue weighted by Crippen LogP contribution is -2.40. The van der Waals surface area contributed by atoms with Gasteiger partial charge >= 0.3 is 0 Å². The summed E-state index contributed by atoms with van der Waals surface area (Å²) < 4.78 is 1.63. The fourth-order valence-corrected chi connectivity index (χ4v) is 2.77. The quantitative estimate of drug-likeness (QED) is 0.901. The normalized spacial score (nSPS) is 19.3. The van der Waals surface area contributed by atoms with Gasteiger partial charge < -0.3 is 9.88 Å². The van der Waals surface area contributed by atoms with Crippen molar-refractivity contribution in [3.8, 4) is 0 Å². The van der Waals surface area contributed by atoms with E-state index in [-0.39, 0.29) is 5.91 Å². The molecule has 0 aromatic carbocycles. The number of amides is 1. The predicted molar refractivity (Wildman–Crippen MR) is 74.4 cm³/mol. The van der Waals surface area contributed by atoms with E-state index in [0.717, 1.165) is 37.4 Å². The summed E-state index contributed by atoms with van der Waals surface area (Å²) in [7, 11) is 1.80. The Morgan fingerprint density at radius 3 is 3.00 bits per heavy atom. The lowest BCUT2D eigenvalue weighted by Gasteiger charge is -2.31. The second-order valence-electron chi connectivity index (χ2n) is 5.38. The summed E-state index contributed by atoms with van der Waals surface area (Å²) in [5.41, 5.74) is 1.70. The van der Waals surface area contributed by atoms with E-state index in [2.05, 4.69) is 15.1 Å². The SMILES string of the molecule is Cc1cnc([C@H]2CCCN(C(=O)c3ccnn3C)C2)[nH]1. The minimum absolute atomic E-state index is 0.0537. The molecule has 1 atom stereocenters. The number of nitrogens with zero attached hydrogens (tertiary/aromatic N) is 4. The molecule has 0 saturated carbocycles. The number of carbonyl (C=O) groups is 1. The van der Waals surface area contributed by atoms with Gasteiger partial charge in [-0.05, 0) is 25.8 Å². The second-order valence-corrected chi connectivity index (χ2v) is 5.38. The summed E-state index contributed by atoms with van der Waals surface area (Å²) in [6.45, 7) is 3.52. The number of carbonyl (C=O) groups excluding carboxylic acids is 1. The molecular formula is C14H19N5O. The fourth-order valence-electron chi connectivity index (χ4n) is 2.77. The molecule has 2 aromatic rings. The molecule has 0 unspecified atom stereocenters. The zero-order valence-electron chi connectivity index (χ0n) is 11.8. The minimum atomic E-state index is 0.0537. The summed E-state index contributed by atoms with van der Waals surface area (Å²) in [4.78, 5) is 22.1. The number of hydrogen-bond donors (Lipinski definition) is 1. The van der Waals surface area contributed by atoms with Crippen molar-refractivity contribution in [2.75, 3.05) is 13.1 Å². The largest absolute Gasteiger partial charge is 0.346 e. The van der Waals surface area contributed by atoms with Gasteiger partial charge in [0, 0.05) is 44.1 Å². The van der Waals surface area contributed by atoms with Crippen LogP contribution in [-0.4, -0.2) is 43.6 Å². The molecule has 0 aliphatic carbocycles. The molecule has 1 fully saturated rings. The van der Waals surface area contributed by atoms with Crippen molar-refractivity contribution < 1.29 is 4.79 Å². The van der Waals surface area contributed by atoms with Gasteiger partial charge in [-0.15, -0.1) is 0 Å². The van der Waals surface area contributed by atoms with Crippen LogP contribution in [0.5, 0.6) is 0 Å². The maximum atomic E-state index is 12.5. The van der Waals surface area contributed by atoms with Crippen LogP contribution in [0.1, 0.15) is 40.8 Å². The first-order valence-electron chi connectivity index (χ1n) is 6.94. The van der Waals surface area contributed by atoms with Crippen LogP contribution >= 0.6 is 0 Å². The Morgan fingerprint density at radius 1 is 1.50 bits per heavy atom. The van der Waals surface area contributed by atoms with Crippen LogP contribution in [0.3, 0.4) is 0 Å². The molecule has 3 heterocycles.